The number of para-hydroxylation sites is 1. The number of methoxy groups -OCH3 is 1. The van der Waals surface area contributed by atoms with Crippen molar-refractivity contribution in [2.45, 2.75) is 6.92 Å². The van der Waals surface area contributed by atoms with Gasteiger partial charge in [0.1, 0.15) is 10.7 Å². The Hall–Kier alpha value is -3.12. The van der Waals surface area contributed by atoms with Crippen LogP contribution in [0.4, 0.5) is 5.69 Å². The van der Waals surface area contributed by atoms with Gasteiger partial charge < -0.3 is 10.1 Å². The number of anilines is 1. The highest BCUT2D eigenvalue weighted by Gasteiger charge is 2.21. The van der Waals surface area contributed by atoms with Crippen LogP contribution < -0.4 is 5.32 Å². The second-order valence-corrected chi connectivity index (χ2v) is 5.88. The van der Waals surface area contributed by atoms with Crippen molar-refractivity contribution in [1.29, 1.82) is 0 Å². The van der Waals surface area contributed by atoms with Crippen LogP contribution in [0.25, 0.3) is 5.69 Å². The van der Waals surface area contributed by atoms with E-state index in [2.05, 4.69) is 15.2 Å². The molecule has 7 heteroatoms. The van der Waals surface area contributed by atoms with Gasteiger partial charge in [-0.05, 0) is 43.3 Å². The molecular weight excluding hydrogens is 354 g/mol. The SMILES string of the molecule is COC(=O)c1ccc(NC(=O)c2c(C)nn(-c3ccccc3)c2Cl)cc1. The average Bonchev–Trinajstić information content (AvgIpc) is 2.96. The molecule has 0 fully saturated rings. The van der Waals surface area contributed by atoms with E-state index in [0.29, 0.717) is 22.5 Å². The molecule has 2 aromatic carbocycles. The number of amides is 1. The van der Waals surface area contributed by atoms with E-state index in [1.807, 2.05) is 30.3 Å². The predicted molar refractivity (Wildman–Crippen MR) is 99.0 cm³/mol. The molecule has 1 N–H and O–H groups in total. The summed E-state index contributed by atoms with van der Waals surface area (Å²) in [5, 5.41) is 7.35. The van der Waals surface area contributed by atoms with Crippen molar-refractivity contribution in [3.8, 4) is 5.69 Å². The predicted octanol–water partition coefficient (Wildman–Crippen LogP) is 3.87. The Kier molecular flexibility index (Phi) is 5.04. The van der Waals surface area contributed by atoms with Crippen molar-refractivity contribution in [3.63, 3.8) is 0 Å². The summed E-state index contributed by atoms with van der Waals surface area (Å²) in [5.74, 6) is -0.814. The molecule has 0 saturated carbocycles. The fraction of sp³-hybridized carbons (Fsp3) is 0.105. The zero-order valence-electron chi connectivity index (χ0n) is 14.2. The minimum atomic E-state index is -0.439. The third kappa shape index (κ3) is 3.45. The minimum Gasteiger partial charge on any atom is -0.465 e. The molecular formula is C19H16ClN3O3. The van der Waals surface area contributed by atoms with Crippen molar-refractivity contribution in [3.05, 3.63) is 76.6 Å². The molecule has 3 rings (SSSR count). The lowest BCUT2D eigenvalue weighted by Crippen LogP contribution is -2.13. The van der Waals surface area contributed by atoms with Crippen LogP contribution in [0.5, 0.6) is 0 Å². The van der Waals surface area contributed by atoms with E-state index in [1.165, 1.54) is 11.8 Å². The maximum absolute atomic E-state index is 12.6. The number of halogens is 1. The van der Waals surface area contributed by atoms with Gasteiger partial charge in [-0.3, -0.25) is 4.79 Å². The first-order chi connectivity index (χ1) is 12.5. The van der Waals surface area contributed by atoms with Crippen LogP contribution in [-0.2, 0) is 4.74 Å². The average molecular weight is 370 g/mol. The Bertz CT molecular complexity index is 950. The van der Waals surface area contributed by atoms with Crippen molar-refractivity contribution in [2.24, 2.45) is 0 Å². The fourth-order valence-electron chi connectivity index (χ4n) is 2.50. The van der Waals surface area contributed by atoms with E-state index in [4.69, 9.17) is 11.6 Å². The molecule has 0 aliphatic rings. The van der Waals surface area contributed by atoms with Gasteiger partial charge in [0.05, 0.1) is 24.1 Å². The molecule has 6 nitrogen and oxygen atoms in total. The number of carbonyl (C=O) groups excluding carboxylic acids is 2. The summed E-state index contributed by atoms with van der Waals surface area (Å²) in [6.45, 7) is 1.72. The number of hydrogen-bond acceptors (Lipinski definition) is 4. The molecule has 0 radical (unpaired) electrons. The summed E-state index contributed by atoms with van der Waals surface area (Å²) in [6.07, 6.45) is 0. The van der Waals surface area contributed by atoms with E-state index in [9.17, 15) is 9.59 Å². The quantitative estimate of drug-likeness (QED) is 0.708. The monoisotopic (exact) mass is 369 g/mol. The van der Waals surface area contributed by atoms with Crippen LogP contribution >= 0.6 is 11.6 Å². The third-order valence-corrected chi connectivity index (χ3v) is 4.14. The van der Waals surface area contributed by atoms with Crippen molar-refractivity contribution in [2.75, 3.05) is 12.4 Å². The summed E-state index contributed by atoms with van der Waals surface area (Å²) in [4.78, 5) is 24.1. The molecule has 0 aliphatic carbocycles. The normalized spacial score (nSPS) is 10.4. The number of aryl methyl sites for hydroxylation is 1. The Morgan fingerprint density at radius 3 is 2.35 bits per heavy atom. The molecule has 0 saturated heterocycles. The molecule has 0 unspecified atom stereocenters. The number of hydrogen-bond donors (Lipinski definition) is 1. The third-order valence-electron chi connectivity index (χ3n) is 3.80. The first-order valence-corrected chi connectivity index (χ1v) is 8.19. The van der Waals surface area contributed by atoms with Crippen LogP contribution in [0, 0.1) is 6.92 Å². The second-order valence-electron chi connectivity index (χ2n) is 5.52. The van der Waals surface area contributed by atoms with Gasteiger partial charge in [-0.1, -0.05) is 29.8 Å². The Balaban J connectivity index is 1.84. The number of nitrogens with zero attached hydrogens (tertiary/aromatic N) is 2. The number of rotatable bonds is 4. The number of benzene rings is 2. The maximum Gasteiger partial charge on any atom is 0.337 e. The van der Waals surface area contributed by atoms with E-state index in [-0.39, 0.29) is 11.1 Å². The highest BCUT2D eigenvalue weighted by molar-refractivity contribution is 6.34. The lowest BCUT2D eigenvalue weighted by molar-refractivity contribution is 0.0600. The summed E-state index contributed by atoms with van der Waals surface area (Å²) in [7, 11) is 1.31. The largest absolute Gasteiger partial charge is 0.465 e. The Labute approximate surface area is 155 Å². The van der Waals surface area contributed by atoms with Crippen molar-refractivity contribution < 1.29 is 14.3 Å². The zero-order valence-corrected chi connectivity index (χ0v) is 14.9. The topological polar surface area (TPSA) is 73.2 Å². The summed E-state index contributed by atoms with van der Waals surface area (Å²) in [5.41, 5.74) is 2.51. The van der Waals surface area contributed by atoms with Crippen LogP contribution in [0.1, 0.15) is 26.4 Å². The summed E-state index contributed by atoms with van der Waals surface area (Å²) in [6, 6.07) is 15.7. The minimum absolute atomic E-state index is 0.234. The van der Waals surface area contributed by atoms with Gasteiger partial charge in [-0.25, -0.2) is 9.48 Å². The zero-order chi connectivity index (χ0) is 18.7. The smallest absolute Gasteiger partial charge is 0.337 e. The molecule has 26 heavy (non-hydrogen) atoms. The lowest BCUT2D eigenvalue weighted by atomic mass is 10.2. The molecule has 1 aromatic heterocycles. The lowest BCUT2D eigenvalue weighted by Gasteiger charge is -2.06. The van der Waals surface area contributed by atoms with E-state index in [1.54, 1.807) is 31.2 Å². The highest BCUT2D eigenvalue weighted by Crippen LogP contribution is 2.24. The summed E-state index contributed by atoms with van der Waals surface area (Å²) >= 11 is 6.39. The standard InChI is InChI=1S/C19H16ClN3O3/c1-12-16(17(20)23(22-12)15-6-4-3-5-7-15)18(24)21-14-10-8-13(9-11-14)19(25)26-2/h3-11H,1-2H3,(H,21,24). The first-order valence-electron chi connectivity index (χ1n) is 7.81. The van der Waals surface area contributed by atoms with Crippen LogP contribution in [0.2, 0.25) is 5.15 Å². The van der Waals surface area contributed by atoms with Crippen molar-refractivity contribution in [1.82, 2.24) is 9.78 Å². The van der Waals surface area contributed by atoms with Crippen LogP contribution in [-0.4, -0.2) is 28.8 Å². The van der Waals surface area contributed by atoms with Gasteiger partial charge in [0.15, 0.2) is 0 Å². The molecule has 0 bridgehead atoms. The first kappa shape index (κ1) is 17.7. The van der Waals surface area contributed by atoms with Gasteiger partial charge in [-0.2, -0.15) is 5.10 Å². The molecule has 0 atom stereocenters. The van der Waals surface area contributed by atoms with Crippen LogP contribution in [0.15, 0.2) is 54.6 Å². The Morgan fingerprint density at radius 1 is 1.08 bits per heavy atom. The number of ether oxygens (including phenoxy) is 1. The van der Waals surface area contributed by atoms with Gasteiger partial charge >= 0.3 is 5.97 Å². The molecule has 1 heterocycles. The molecule has 132 valence electrons. The van der Waals surface area contributed by atoms with E-state index in [0.717, 1.165) is 5.69 Å². The molecule has 0 aliphatic heterocycles. The van der Waals surface area contributed by atoms with Gasteiger partial charge in [-0.15, -0.1) is 0 Å². The highest BCUT2D eigenvalue weighted by atomic mass is 35.5. The maximum atomic E-state index is 12.6. The molecule has 1 amide bonds. The Morgan fingerprint density at radius 2 is 1.73 bits per heavy atom. The van der Waals surface area contributed by atoms with Crippen molar-refractivity contribution >= 4 is 29.2 Å². The fourth-order valence-corrected chi connectivity index (χ4v) is 2.86. The van der Waals surface area contributed by atoms with E-state index >= 15 is 0 Å². The summed E-state index contributed by atoms with van der Waals surface area (Å²) < 4.78 is 6.17. The van der Waals surface area contributed by atoms with E-state index < -0.39 is 5.97 Å². The number of aromatic nitrogens is 2. The number of nitrogens with one attached hydrogen (secondary N) is 1. The molecule has 3 aromatic rings. The number of esters is 1. The van der Waals surface area contributed by atoms with Gasteiger partial charge in [0.2, 0.25) is 0 Å². The van der Waals surface area contributed by atoms with Crippen LogP contribution in [0.3, 0.4) is 0 Å². The van der Waals surface area contributed by atoms with Gasteiger partial charge in [0, 0.05) is 5.69 Å². The molecule has 0 spiro atoms. The van der Waals surface area contributed by atoms with Gasteiger partial charge in [0.25, 0.3) is 5.91 Å². The second kappa shape index (κ2) is 7.41. The number of carbonyl (C=O) groups is 2.